The highest BCUT2D eigenvalue weighted by atomic mass is 35.5. The van der Waals surface area contributed by atoms with Gasteiger partial charge in [-0.15, -0.1) is 0 Å². The Morgan fingerprint density at radius 1 is 1.05 bits per heavy atom. The minimum atomic E-state index is 0.000746. The van der Waals surface area contributed by atoms with E-state index >= 15 is 0 Å². The highest BCUT2D eigenvalue weighted by Gasteiger charge is 2.26. The minimum Gasteiger partial charge on any atom is -0.497 e. The number of ether oxygens (including phenoxy) is 2. The third-order valence-electron chi connectivity index (χ3n) is 3.96. The Labute approximate surface area is 140 Å². The van der Waals surface area contributed by atoms with Crippen molar-refractivity contribution in [3.63, 3.8) is 0 Å². The van der Waals surface area contributed by atoms with Crippen LogP contribution in [-0.4, -0.2) is 20.8 Å². The lowest BCUT2D eigenvalue weighted by Crippen LogP contribution is -2.30. The monoisotopic (exact) mass is 337 g/mol. The second-order valence-corrected chi connectivity index (χ2v) is 6.06. The third kappa shape index (κ3) is 2.76. The van der Waals surface area contributed by atoms with Gasteiger partial charge in [-0.2, -0.15) is 0 Å². The summed E-state index contributed by atoms with van der Waals surface area (Å²) in [7, 11) is 3.30. The molecule has 0 bridgehead atoms. The van der Waals surface area contributed by atoms with Crippen LogP contribution in [0.4, 0.5) is 0 Å². The molecule has 5 heteroatoms. The predicted molar refractivity (Wildman–Crippen MR) is 89.6 cm³/mol. The topological polar surface area (TPSA) is 30.5 Å². The van der Waals surface area contributed by atoms with Gasteiger partial charge in [0.15, 0.2) is 0 Å². The first-order valence-electron chi connectivity index (χ1n) is 7.07. The third-order valence-corrected chi connectivity index (χ3v) is 4.46. The summed E-state index contributed by atoms with van der Waals surface area (Å²) in [6.07, 6.45) is 0.958. The molecule has 2 aromatic rings. The summed E-state index contributed by atoms with van der Waals surface area (Å²) >= 11 is 12.5. The molecule has 1 aliphatic rings. The molecule has 1 atom stereocenters. The van der Waals surface area contributed by atoms with E-state index in [1.807, 2.05) is 12.1 Å². The Bertz CT molecular complexity index is 703. The van der Waals surface area contributed by atoms with E-state index in [0.717, 1.165) is 24.3 Å². The largest absolute Gasteiger partial charge is 0.497 e. The molecule has 0 radical (unpaired) electrons. The number of benzene rings is 2. The van der Waals surface area contributed by atoms with Crippen LogP contribution in [0.15, 0.2) is 30.3 Å². The van der Waals surface area contributed by atoms with Crippen LogP contribution in [0.25, 0.3) is 0 Å². The first-order chi connectivity index (χ1) is 10.6. The molecule has 1 aliphatic heterocycles. The van der Waals surface area contributed by atoms with Gasteiger partial charge in [0.1, 0.15) is 11.5 Å². The van der Waals surface area contributed by atoms with Crippen molar-refractivity contribution < 1.29 is 9.47 Å². The molecule has 1 unspecified atom stereocenters. The molecule has 2 aromatic carbocycles. The smallest absolute Gasteiger partial charge is 0.142 e. The van der Waals surface area contributed by atoms with Crippen molar-refractivity contribution in [2.75, 3.05) is 20.8 Å². The van der Waals surface area contributed by atoms with Crippen LogP contribution in [0.1, 0.15) is 22.7 Å². The van der Waals surface area contributed by atoms with Crippen molar-refractivity contribution in [2.45, 2.75) is 12.5 Å². The zero-order valence-corrected chi connectivity index (χ0v) is 14.0. The summed E-state index contributed by atoms with van der Waals surface area (Å²) in [6.45, 7) is 0.873. The van der Waals surface area contributed by atoms with Gasteiger partial charge < -0.3 is 14.8 Å². The van der Waals surface area contributed by atoms with Crippen molar-refractivity contribution in [1.82, 2.24) is 5.32 Å². The highest BCUT2D eigenvalue weighted by molar-refractivity contribution is 6.35. The van der Waals surface area contributed by atoms with Gasteiger partial charge >= 0.3 is 0 Å². The molecule has 0 fully saturated rings. The fourth-order valence-corrected chi connectivity index (χ4v) is 3.54. The van der Waals surface area contributed by atoms with Crippen molar-refractivity contribution in [2.24, 2.45) is 0 Å². The molecule has 0 saturated carbocycles. The second-order valence-electron chi connectivity index (χ2n) is 5.21. The minimum absolute atomic E-state index is 0.000746. The summed E-state index contributed by atoms with van der Waals surface area (Å²) in [5.74, 6) is 1.53. The summed E-state index contributed by atoms with van der Waals surface area (Å²) in [6, 6.07) is 9.74. The van der Waals surface area contributed by atoms with E-state index in [1.54, 1.807) is 20.3 Å². The SMILES string of the molecule is COc1ccc2c(c1)CCNC2c1cc(Cl)cc(Cl)c1OC. The van der Waals surface area contributed by atoms with Gasteiger partial charge in [-0.1, -0.05) is 29.3 Å². The van der Waals surface area contributed by atoms with E-state index in [2.05, 4.69) is 17.4 Å². The van der Waals surface area contributed by atoms with Crippen molar-refractivity contribution in [3.8, 4) is 11.5 Å². The number of nitrogens with one attached hydrogen (secondary N) is 1. The summed E-state index contributed by atoms with van der Waals surface area (Å²) in [4.78, 5) is 0. The lowest BCUT2D eigenvalue weighted by Gasteiger charge is -2.29. The van der Waals surface area contributed by atoms with E-state index in [4.69, 9.17) is 32.7 Å². The Morgan fingerprint density at radius 2 is 1.86 bits per heavy atom. The molecule has 3 nitrogen and oxygen atoms in total. The molecule has 1 heterocycles. The fraction of sp³-hybridized carbons (Fsp3) is 0.294. The van der Waals surface area contributed by atoms with Gasteiger partial charge in [0.25, 0.3) is 0 Å². The lowest BCUT2D eigenvalue weighted by atomic mass is 9.89. The fourth-order valence-electron chi connectivity index (χ4n) is 2.96. The maximum absolute atomic E-state index is 6.27. The van der Waals surface area contributed by atoms with Crippen LogP contribution in [0.5, 0.6) is 11.5 Å². The van der Waals surface area contributed by atoms with Crippen LogP contribution in [0.2, 0.25) is 10.0 Å². The molecular formula is C17H17Cl2NO2. The Balaban J connectivity index is 2.12. The Kier molecular flexibility index (Phi) is 4.48. The summed E-state index contributed by atoms with van der Waals surface area (Å²) < 4.78 is 10.8. The van der Waals surface area contributed by atoms with Crippen LogP contribution >= 0.6 is 23.2 Å². The maximum Gasteiger partial charge on any atom is 0.142 e. The van der Waals surface area contributed by atoms with E-state index in [0.29, 0.717) is 15.8 Å². The molecule has 22 heavy (non-hydrogen) atoms. The van der Waals surface area contributed by atoms with E-state index in [9.17, 15) is 0 Å². The molecule has 0 aliphatic carbocycles. The van der Waals surface area contributed by atoms with Gasteiger partial charge in [0.05, 0.1) is 25.3 Å². The normalized spacial score (nSPS) is 17.0. The van der Waals surface area contributed by atoms with Gasteiger partial charge in [-0.25, -0.2) is 0 Å². The Morgan fingerprint density at radius 3 is 2.59 bits per heavy atom. The predicted octanol–water partition coefficient (Wildman–Crippen LogP) is 4.25. The molecule has 1 N–H and O–H groups in total. The number of halogens is 2. The zero-order chi connectivity index (χ0) is 15.7. The number of hydrogen-bond acceptors (Lipinski definition) is 3. The second kappa shape index (κ2) is 6.37. The summed E-state index contributed by atoms with van der Waals surface area (Å²) in [5.41, 5.74) is 3.41. The van der Waals surface area contributed by atoms with Crippen molar-refractivity contribution >= 4 is 23.2 Å². The molecule has 3 rings (SSSR count). The molecule has 0 amide bonds. The molecule has 0 aromatic heterocycles. The molecule has 116 valence electrons. The van der Waals surface area contributed by atoms with Crippen molar-refractivity contribution in [3.05, 3.63) is 57.1 Å². The summed E-state index contributed by atoms with van der Waals surface area (Å²) in [5, 5.41) is 4.64. The highest BCUT2D eigenvalue weighted by Crippen LogP contribution is 2.40. The van der Waals surface area contributed by atoms with Gasteiger partial charge in [-0.05, 0) is 41.8 Å². The van der Waals surface area contributed by atoms with Gasteiger partial charge in [0, 0.05) is 17.1 Å². The first-order valence-corrected chi connectivity index (χ1v) is 7.82. The van der Waals surface area contributed by atoms with Crippen LogP contribution < -0.4 is 14.8 Å². The Hall–Kier alpha value is -1.42. The molecular weight excluding hydrogens is 321 g/mol. The van der Waals surface area contributed by atoms with Crippen molar-refractivity contribution in [1.29, 1.82) is 0 Å². The van der Waals surface area contributed by atoms with E-state index in [-0.39, 0.29) is 6.04 Å². The molecule has 0 spiro atoms. The van der Waals surface area contributed by atoms with Gasteiger partial charge in [0.2, 0.25) is 0 Å². The maximum atomic E-state index is 6.27. The number of fused-ring (bicyclic) bond motifs is 1. The van der Waals surface area contributed by atoms with Crippen LogP contribution in [-0.2, 0) is 6.42 Å². The van der Waals surface area contributed by atoms with Crippen LogP contribution in [0, 0.1) is 0 Å². The van der Waals surface area contributed by atoms with E-state index < -0.39 is 0 Å². The number of rotatable bonds is 3. The molecule has 0 saturated heterocycles. The van der Waals surface area contributed by atoms with Crippen LogP contribution in [0.3, 0.4) is 0 Å². The number of hydrogen-bond donors (Lipinski definition) is 1. The quantitative estimate of drug-likeness (QED) is 0.908. The average Bonchev–Trinajstić information content (AvgIpc) is 2.53. The number of methoxy groups -OCH3 is 2. The lowest BCUT2D eigenvalue weighted by molar-refractivity contribution is 0.401. The first kappa shape index (κ1) is 15.5. The standard InChI is InChI=1S/C17H17Cl2NO2/c1-21-12-3-4-13-10(7-12)5-6-20-16(13)14-8-11(18)9-15(19)17(14)22-2/h3-4,7-9,16,20H,5-6H2,1-2H3. The average molecular weight is 338 g/mol. The van der Waals surface area contributed by atoms with E-state index in [1.165, 1.54) is 11.1 Å². The van der Waals surface area contributed by atoms with Gasteiger partial charge in [-0.3, -0.25) is 0 Å². The zero-order valence-electron chi connectivity index (χ0n) is 12.5.